The van der Waals surface area contributed by atoms with E-state index in [0.717, 1.165) is 16.8 Å². The van der Waals surface area contributed by atoms with Gasteiger partial charge in [-0.3, -0.25) is 9.48 Å². The van der Waals surface area contributed by atoms with Crippen molar-refractivity contribution in [3.05, 3.63) is 47.0 Å². The van der Waals surface area contributed by atoms with Gasteiger partial charge in [-0.25, -0.2) is 4.39 Å². The van der Waals surface area contributed by atoms with Crippen LogP contribution in [0.4, 0.5) is 4.39 Å². The van der Waals surface area contributed by atoms with Crippen LogP contribution in [0.1, 0.15) is 29.3 Å². The molecular weight excluding hydrogens is 323 g/mol. The van der Waals surface area contributed by atoms with Gasteiger partial charge in [-0.2, -0.15) is 5.10 Å². The average Bonchev–Trinajstić information content (AvgIpc) is 3.06. The second kappa shape index (κ2) is 6.84. The second-order valence-electron chi connectivity index (χ2n) is 6.42. The Morgan fingerprint density at radius 1 is 1.40 bits per heavy atom. The summed E-state index contributed by atoms with van der Waals surface area (Å²) in [7, 11) is 5.14. The molecule has 1 aromatic carbocycles. The predicted molar refractivity (Wildman–Crippen MR) is 91.7 cm³/mol. The quantitative estimate of drug-likeness (QED) is 0.899. The highest BCUT2D eigenvalue weighted by Gasteiger charge is 2.39. The molecule has 0 aliphatic carbocycles. The van der Waals surface area contributed by atoms with Crippen molar-refractivity contribution in [2.24, 2.45) is 7.05 Å². The van der Waals surface area contributed by atoms with Crippen LogP contribution in [0, 0.1) is 12.7 Å². The zero-order chi connectivity index (χ0) is 18.1. The zero-order valence-electron chi connectivity index (χ0n) is 14.9. The zero-order valence-corrected chi connectivity index (χ0v) is 14.9. The van der Waals surface area contributed by atoms with Gasteiger partial charge in [-0.15, -0.1) is 0 Å². The van der Waals surface area contributed by atoms with Crippen molar-refractivity contribution >= 4 is 5.91 Å². The third-order valence-electron chi connectivity index (χ3n) is 4.96. The maximum absolute atomic E-state index is 13.8. The van der Waals surface area contributed by atoms with Crippen molar-refractivity contribution in [3.8, 4) is 5.75 Å². The Bertz CT molecular complexity index is 789. The van der Waals surface area contributed by atoms with Crippen molar-refractivity contribution in [2.45, 2.75) is 32.0 Å². The number of aromatic nitrogens is 2. The van der Waals surface area contributed by atoms with Crippen LogP contribution in [0.5, 0.6) is 5.75 Å². The number of carbonyl (C=O) groups is 1. The summed E-state index contributed by atoms with van der Waals surface area (Å²) in [5.41, 5.74) is 2.88. The molecule has 0 radical (unpaired) electrons. The van der Waals surface area contributed by atoms with Crippen LogP contribution in [0.2, 0.25) is 0 Å². The number of likely N-dealkylation sites (tertiary alicyclic amines) is 1. The topological polar surface area (TPSA) is 59.4 Å². The molecule has 1 fully saturated rings. The number of ether oxygens (including phenoxy) is 1. The van der Waals surface area contributed by atoms with E-state index in [9.17, 15) is 9.18 Å². The number of hydrogen-bond acceptors (Lipinski definition) is 4. The number of aryl methyl sites for hydroxylation is 1. The van der Waals surface area contributed by atoms with E-state index < -0.39 is 0 Å². The molecule has 1 aliphatic heterocycles. The lowest BCUT2D eigenvalue weighted by Gasteiger charge is -2.25. The van der Waals surface area contributed by atoms with E-state index in [2.05, 4.69) is 10.4 Å². The predicted octanol–water partition coefficient (Wildman–Crippen LogP) is 1.94. The molecule has 1 aliphatic rings. The molecular formula is C18H23FN4O2. The average molecular weight is 346 g/mol. The monoisotopic (exact) mass is 346 g/mol. The van der Waals surface area contributed by atoms with Crippen molar-refractivity contribution in [1.82, 2.24) is 20.0 Å². The molecule has 6 nitrogen and oxygen atoms in total. The summed E-state index contributed by atoms with van der Waals surface area (Å²) < 4.78 is 20.6. The molecule has 2 heterocycles. The van der Waals surface area contributed by atoms with E-state index in [1.54, 1.807) is 11.0 Å². The Morgan fingerprint density at radius 2 is 2.16 bits per heavy atom. The fourth-order valence-electron chi connectivity index (χ4n) is 3.35. The lowest BCUT2D eigenvalue weighted by atomic mass is 10.0. The van der Waals surface area contributed by atoms with Crippen molar-refractivity contribution in [1.29, 1.82) is 0 Å². The summed E-state index contributed by atoms with van der Waals surface area (Å²) in [5.74, 6) is -0.0730. The van der Waals surface area contributed by atoms with Crippen LogP contribution in [0.3, 0.4) is 0 Å². The third-order valence-corrected chi connectivity index (χ3v) is 4.96. The van der Waals surface area contributed by atoms with Crippen LogP contribution in [0.25, 0.3) is 0 Å². The Balaban J connectivity index is 1.77. The summed E-state index contributed by atoms with van der Waals surface area (Å²) in [6.07, 6.45) is 2.23. The van der Waals surface area contributed by atoms with Gasteiger partial charge >= 0.3 is 0 Å². The van der Waals surface area contributed by atoms with Gasteiger partial charge in [0.05, 0.1) is 19.3 Å². The normalized spacial score (nSPS) is 20.4. The van der Waals surface area contributed by atoms with Gasteiger partial charge < -0.3 is 15.0 Å². The maximum Gasteiger partial charge on any atom is 0.224 e. The van der Waals surface area contributed by atoms with Crippen LogP contribution in [-0.4, -0.2) is 40.8 Å². The van der Waals surface area contributed by atoms with Gasteiger partial charge in [-0.1, -0.05) is 6.07 Å². The number of halogens is 1. The Labute approximate surface area is 146 Å². The minimum Gasteiger partial charge on any atom is -0.494 e. The minimum absolute atomic E-state index is 0.0504. The number of nitrogens with one attached hydrogen (secondary N) is 1. The van der Waals surface area contributed by atoms with Gasteiger partial charge in [0.1, 0.15) is 0 Å². The summed E-state index contributed by atoms with van der Waals surface area (Å²) in [6.45, 7) is 2.47. The molecule has 2 atom stereocenters. The molecule has 1 amide bonds. The van der Waals surface area contributed by atoms with E-state index in [-0.39, 0.29) is 29.6 Å². The number of methoxy groups -OCH3 is 1. The number of carbonyl (C=O) groups excluding carboxylic acids is 1. The lowest BCUT2D eigenvalue weighted by Crippen LogP contribution is -2.35. The van der Waals surface area contributed by atoms with E-state index in [1.165, 1.54) is 13.2 Å². The van der Waals surface area contributed by atoms with E-state index >= 15 is 0 Å². The highest BCUT2D eigenvalue weighted by molar-refractivity contribution is 5.80. The second-order valence-corrected chi connectivity index (χ2v) is 6.42. The van der Waals surface area contributed by atoms with Crippen molar-refractivity contribution in [3.63, 3.8) is 0 Å². The molecule has 1 saturated heterocycles. The summed E-state index contributed by atoms with van der Waals surface area (Å²) in [6, 6.07) is 4.76. The Morgan fingerprint density at radius 3 is 2.76 bits per heavy atom. The summed E-state index contributed by atoms with van der Waals surface area (Å²) in [4.78, 5) is 14.0. The van der Waals surface area contributed by atoms with E-state index in [4.69, 9.17) is 4.74 Å². The first-order chi connectivity index (χ1) is 11.9. The standard InChI is InChI=1S/C18H23FN4O2/c1-11-13(10-21-23(11)3)18-15(8-17(24)22(18)2)20-9-12-5-6-16(25-4)14(19)7-12/h5-7,10,15,18,20H,8-9H2,1-4H3/t15-,18+/m1/s1. The first-order valence-electron chi connectivity index (χ1n) is 8.22. The van der Waals surface area contributed by atoms with Crippen LogP contribution in [-0.2, 0) is 18.4 Å². The summed E-state index contributed by atoms with van der Waals surface area (Å²) in [5, 5.41) is 7.69. The van der Waals surface area contributed by atoms with Crippen molar-refractivity contribution in [2.75, 3.05) is 14.2 Å². The molecule has 0 saturated carbocycles. The van der Waals surface area contributed by atoms with Gasteiger partial charge in [-0.05, 0) is 24.6 Å². The molecule has 0 unspecified atom stereocenters. The molecule has 0 spiro atoms. The molecule has 3 rings (SSSR count). The number of hydrogen-bond donors (Lipinski definition) is 1. The fraction of sp³-hybridized carbons (Fsp3) is 0.444. The SMILES string of the molecule is COc1ccc(CN[C@@H]2CC(=O)N(C)[C@H]2c2cnn(C)c2C)cc1F. The fourth-order valence-corrected chi connectivity index (χ4v) is 3.35. The molecule has 0 bridgehead atoms. The van der Waals surface area contributed by atoms with E-state index in [1.807, 2.05) is 38.0 Å². The van der Waals surface area contributed by atoms with Crippen LogP contribution in [0.15, 0.2) is 24.4 Å². The highest BCUT2D eigenvalue weighted by atomic mass is 19.1. The molecule has 1 N–H and O–H groups in total. The van der Waals surface area contributed by atoms with Crippen LogP contribution < -0.4 is 10.1 Å². The Hall–Kier alpha value is -2.41. The van der Waals surface area contributed by atoms with E-state index in [0.29, 0.717) is 13.0 Å². The molecule has 134 valence electrons. The first-order valence-corrected chi connectivity index (χ1v) is 8.22. The molecule has 1 aromatic heterocycles. The molecule has 2 aromatic rings. The number of benzene rings is 1. The van der Waals surface area contributed by atoms with Gasteiger partial charge in [0.25, 0.3) is 0 Å². The first kappa shape index (κ1) is 17.4. The third kappa shape index (κ3) is 3.24. The van der Waals surface area contributed by atoms with Gasteiger partial charge in [0.2, 0.25) is 5.91 Å². The Kier molecular flexibility index (Phi) is 4.76. The minimum atomic E-state index is -0.388. The smallest absolute Gasteiger partial charge is 0.224 e. The maximum atomic E-state index is 13.8. The number of amides is 1. The number of nitrogens with zero attached hydrogens (tertiary/aromatic N) is 3. The largest absolute Gasteiger partial charge is 0.494 e. The van der Waals surface area contributed by atoms with Crippen molar-refractivity contribution < 1.29 is 13.9 Å². The van der Waals surface area contributed by atoms with Crippen LogP contribution >= 0.6 is 0 Å². The van der Waals surface area contributed by atoms with Gasteiger partial charge in [0, 0.05) is 44.4 Å². The number of likely N-dealkylation sites (N-methyl/N-ethyl adjacent to an activating group) is 1. The molecule has 7 heteroatoms. The highest BCUT2D eigenvalue weighted by Crippen LogP contribution is 2.33. The molecule has 25 heavy (non-hydrogen) atoms. The lowest BCUT2D eigenvalue weighted by molar-refractivity contribution is -0.127. The van der Waals surface area contributed by atoms with Gasteiger partial charge in [0.15, 0.2) is 11.6 Å². The summed E-state index contributed by atoms with van der Waals surface area (Å²) >= 11 is 0. The number of rotatable bonds is 5.